The molecular formula is C23H25N5O2. The minimum atomic E-state index is -0.216. The maximum Gasteiger partial charge on any atom is 0.320 e. The molecule has 0 saturated carbocycles. The van der Waals surface area contributed by atoms with Crippen LogP contribution >= 0.6 is 0 Å². The van der Waals surface area contributed by atoms with Crippen LogP contribution in [-0.4, -0.2) is 43.9 Å². The molecule has 0 aliphatic heterocycles. The van der Waals surface area contributed by atoms with Gasteiger partial charge in [0.05, 0.1) is 19.3 Å². The Hall–Kier alpha value is -3.45. The molecule has 0 saturated heterocycles. The molecule has 0 bridgehead atoms. The number of fused-ring (bicyclic) bond motifs is 1. The normalized spacial score (nSPS) is 12.1. The van der Waals surface area contributed by atoms with Crippen molar-refractivity contribution >= 4 is 17.0 Å². The molecule has 0 fully saturated rings. The van der Waals surface area contributed by atoms with E-state index in [0.29, 0.717) is 36.0 Å². The second kappa shape index (κ2) is 9.37. The molecule has 4 aromatic rings. The third kappa shape index (κ3) is 4.41. The summed E-state index contributed by atoms with van der Waals surface area (Å²) >= 11 is 0. The second-order valence-electron chi connectivity index (χ2n) is 7.04. The Balaban J connectivity index is 1.71. The summed E-state index contributed by atoms with van der Waals surface area (Å²) < 4.78 is 7.64. The van der Waals surface area contributed by atoms with Gasteiger partial charge in [0.1, 0.15) is 6.33 Å². The smallest absolute Gasteiger partial charge is 0.320 e. The molecular weight excluding hydrogens is 378 g/mol. The standard InChI is InChI=1S/C23H25N5O2/c1-2-13-30-23-26-21(25-18(15-29)14-17-9-5-3-6-10-17)20-22(27-23)28(16-24-20)19-11-7-4-8-12-19/h3-12,16,18,29H,2,13-15H2,1H3,(H,25,26,27)/t18-/m1/s1. The summed E-state index contributed by atoms with van der Waals surface area (Å²) in [5.41, 5.74) is 3.37. The maximum absolute atomic E-state index is 9.95. The topological polar surface area (TPSA) is 85.1 Å². The molecule has 0 spiro atoms. The van der Waals surface area contributed by atoms with Crippen molar-refractivity contribution < 1.29 is 9.84 Å². The van der Waals surface area contributed by atoms with Crippen molar-refractivity contribution in [2.24, 2.45) is 0 Å². The van der Waals surface area contributed by atoms with E-state index in [1.807, 2.05) is 72.2 Å². The van der Waals surface area contributed by atoms with E-state index < -0.39 is 0 Å². The van der Waals surface area contributed by atoms with Crippen molar-refractivity contribution in [2.75, 3.05) is 18.5 Å². The lowest BCUT2D eigenvalue weighted by Gasteiger charge is -2.18. The Morgan fingerprint density at radius 3 is 2.47 bits per heavy atom. The number of nitrogens with zero attached hydrogens (tertiary/aromatic N) is 4. The van der Waals surface area contributed by atoms with Gasteiger partial charge in [-0.3, -0.25) is 4.57 Å². The predicted molar refractivity (Wildman–Crippen MR) is 117 cm³/mol. The monoisotopic (exact) mass is 403 g/mol. The van der Waals surface area contributed by atoms with Gasteiger partial charge < -0.3 is 15.2 Å². The van der Waals surface area contributed by atoms with E-state index in [1.54, 1.807) is 6.33 Å². The summed E-state index contributed by atoms with van der Waals surface area (Å²) in [6.45, 7) is 2.52. The zero-order valence-electron chi connectivity index (χ0n) is 16.9. The van der Waals surface area contributed by atoms with E-state index in [-0.39, 0.29) is 12.6 Å². The van der Waals surface area contributed by atoms with Crippen molar-refractivity contribution in [3.05, 3.63) is 72.6 Å². The quantitative estimate of drug-likeness (QED) is 0.444. The number of aliphatic hydroxyl groups is 1. The highest BCUT2D eigenvalue weighted by molar-refractivity contribution is 5.84. The number of benzene rings is 2. The van der Waals surface area contributed by atoms with Gasteiger partial charge in [0, 0.05) is 5.69 Å². The first-order valence-corrected chi connectivity index (χ1v) is 10.1. The molecule has 0 amide bonds. The van der Waals surface area contributed by atoms with Gasteiger partial charge in [0.2, 0.25) is 0 Å². The average Bonchev–Trinajstić information content (AvgIpc) is 3.23. The lowest BCUT2D eigenvalue weighted by atomic mass is 10.1. The number of hydrogen-bond acceptors (Lipinski definition) is 6. The Labute approximate surface area is 175 Å². The van der Waals surface area contributed by atoms with Crippen LogP contribution in [0.1, 0.15) is 18.9 Å². The Bertz CT molecular complexity index is 1080. The fraction of sp³-hybridized carbons (Fsp3) is 0.261. The van der Waals surface area contributed by atoms with Gasteiger partial charge in [0.15, 0.2) is 17.0 Å². The minimum absolute atomic E-state index is 0.0368. The predicted octanol–water partition coefficient (Wildman–Crippen LogP) is 3.62. The molecule has 2 heterocycles. The molecule has 2 N–H and O–H groups in total. The largest absolute Gasteiger partial charge is 0.463 e. The molecule has 0 unspecified atom stereocenters. The first-order valence-electron chi connectivity index (χ1n) is 10.1. The number of imidazole rings is 1. The van der Waals surface area contributed by atoms with Crippen molar-refractivity contribution in [1.29, 1.82) is 0 Å². The van der Waals surface area contributed by atoms with Gasteiger partial charge in [-0.05, 0) is 30.5 Å². The number of para-hydroxylation sites is 1. The Kier molecular flexibility index (Phi) is 6.20. The van der Waals surface area contributed by atoms with Gasteiger partial charge in [-0.15, -0.1) is 0 Å². The van der Waals surface area contributed by atoms with Crippen LogP contribution < -0.4 is 10.1 Å². The summed E-state index contributed by atoms with van der Waals surface area (Å²) in [5.74, 6) is 0.552. The van der Waals surface area contributed by atoms with Crippen LogP contribution in [0.25, 0.3) is 16.9 Å². The van der Waals surface area contributed by atoms with Crippen molar-refractivity contribution in [1.82, 2.24) is 19.5 Å². The van der Waals surface area contributed by atoms with Crippen molar-refractivity contribution in [3.63, 3.8) is 0 Å². The Morgan fingerprint density at radius 2 is 1.77 bits per heavy atom. The molecule has 0 aliphatic rings. The summed E-state index contributed by atoms with van der Waals surface area (Å²) in [4.78, 5) is 13.7. The number of anilines is 1. The number of nitrogens with one attached hydrogen (secondary N) is 1. The highest BCUT2D eigenvalue weighted by Gasteiger charge is 2.18. The number of ether oxygens (including phenoxy) is 1. The fourth-order valence-electron chi connectivity index (χ4n) is 3.27. The van der Waals surface area contributed by atoms with Crippen LogP contribution in [0.4, 0.5) is 5.82 Å². The van der Waals surface area contributed by atoms with Crippen molar-refractivity contribution in [3.8, 4) is 11.7 Å². The molecule has 1 atom stereocenters. The summed E-state index contributed by atoms with van der Waals surface area (Å²) in [7, 11) is 0. The molecule has 4 rings (SSSR count). The summed E-state index contributed by atoms with van der Waals surface area (Å²) in [5, 5.41) is 13.3. The molecule has 0 aliphatic carbocycles. The van der Waals surface area contributed by atoms with E-state index in [4.69, 9.17) is 4.74 Å². The van der Waals surface area contributed by atoms with Crippen LogP contribution in [0.5, 0.6) is 6.01 Å². The molecule has 30 heavy (non-hydrogen) atoms. The third-order valence-corrected chi connectivity index (χ3v) is 4.73. The number of hydrogen-bond donors (Lipinski definition) is 2. The van der Waals surface area contributed by atoms with Crippen LogP contribution in [0.2, 0.25) is 0 Å². The van der Waals surface area contributed by atoms with Gasteiger partial charge in [-0.2, -0.15) is 9.97 Å². The molecule has 0 radical (unpaired) electrons. The number of rotatable bonds is 9. The first-order chi connectivity index (χ1) is 14.8. The summed E-state index contributed by atoms with van der Waals surface area (Å²) in [6.07, 6.45) is 3.25. The number of aliphatic hydroxyl groups excluding tert-OH is 1. The molecule has 7 heteroatoms. The maximum atomic E-state index is 9.95. The van der Waals surface area contributed by atoms with Crippen LogP contribution in [-0.2, 0) is 6.42 Å². The first kappa shape index (κ1) is 19.8. The summed E-state index contributed by atoms with van der Waals surface area (Å²) in [6, 6.07) is 20.0. The Morgan fingerprint density at radius 1 is 1.03 bits per heavy atom. The van der Waals surface area contributed by atoms with E-state index in [1.165, 1.54) is 0 Å². The van der Waals surface area contributed by atoms with Gasteiger partial charge in [-0.25, -0.2) is 4.98 Å². The van der Waals surface area contributed by atoms with E-state index >= 15 is 0 Å². The van der Waals surface area contributed by atoms with Gasteiger partial charge in [-0.1, -0.05) is 55.5 Å². The zero-order valence-corrected chi connectivity index (χ0v) is 16.9. The van der Waals surface area contributed by atoms with E-state index in [9.17, 15) is 5.11 Å². The van der Waals surface area contributed by atoms with E-state index in [2.05, 4.69) is 20.3 Å². The van der Waals surface area contributed by atoms with Gasteiger partial charge >= 0.3 is 6.01 Å². The lowest BCUT2D eigenvalue weighted by molar-refractivity contribution is 0.273. The van der Waals surface area contributed by atoms with Crippen LogP contribution in [0.15, 0.2) is 67.0 Å². The lowest BCUT2D eigenvalue weighted by Crippen LogP contribution is -2.27. The molecule has 2 aromatic heterocycles. The molecule has 154 valence electrons. The third-order valence-electron chi connectivity index (χ3n) is 4.73. The highest BCUT2D eigenvalue weighted by atomic mass is 16.5. The fourth-order valence-corrected chi connectivity index (χ4v) is 3.27. The second-order valence-corrected chi connectivity index (χ2v) is 7.04. The molecule has 7 nitrogen and oxygen atoms in total. The van der Waals surface area contributed by atoms with Crippen molar-refractivity contribution in [2.45, 2.75) is 25.8 Å². The van der Waals surface area contributed by atoms with Crippen LogP contribution in [0.3, 0.4) is 0 Å². The SMILES string of the molecule is CCCOc1nc(N[C@@H](CO)Cc2ccccc2)c2ncn(-c3ccccc3)c2n1. The average molecular weight is 403 g/mol. The van der Waals surface area contributed by atoms with Crippen LogP contribution in [0, 0.1) is 0 Å². The van der Waals surface area contributed by atoms with Gasteiger partial charge in [0.25, 0.3) is 0 Å². The number of aromatic nitrogens is 4. The minimum Gasteiger partial charge on any atom is -0.463 e. The highest BCUT2D eigenvalue weighted by Crippen LogP contribution is 2.25. The zero-order chi connectivity index (χ0) is 20.8. The van der Waals surface area contributed by atoms with E-state index in [0.717, 1.165) is 17.7 Å². The molecule has 2 aromatic carbocycles.